The van der Waals surface area contributed by atoms with Crippen LogP contribution in [0.15, 0.2) is 42.6 Å². The van der Waals surface area contributed by atoms with Crippen LogP contribution < -0.4 is 20.7 Å². The van der Waals surface area contributed by atoms with E-state index in [4.69, 9.17) is 4.74 Å². The van der Waals surface area contributed by atoms with Crippen LogP contribution in [0.2, 0.25) is 0 Å². The average molecular weight is 354 g/mol. The van der Waals surface area contributed by atoms with Crippen LogP contribution in [-0.4, -0.2) is 29.4 Å². The van der Waals surface area contributed by atoms with E-state index in [9.17, 15) is 14.4 Å². The van der Waals surface area contributed by atoms with Crippen molar-refractivity contribution < 1.29 is 19.1 Å². The second kappa shape index (κ2) is 6.83. The highest BCUT2D eigenvalue weighted by Crippen LogP contribution is 2.26. The van der Waals surface area contributed by atoms with Crippen molar-refractivity contribution in [2.45, 2.75) is 19.4 Å². The summed E-state index contributed by atoms with van der Waals surface area (Å²) in [7, 11) is 0. The lowest BCUT2D eigenvalue weighted by Gasteiger charge is -2.21. The summed E-state index contributed by atoms with van der Waals surface area (Å²) < 4.78 is 5.25. The van der Waals surface area contributed by atoms with Gasteiger partial charge >= 0.3 is 6.03 Å². The fourth-order valence-corrected chi connectivity index (χ4v) is 2.61. The molecular formula is C18H18N4O4. The molecule has 0 bridgehead atoms. The van der Waals surface area contributed by atoms with Gasteiger partial charge in [0.05, 0.1) is 12.2 Å². The van der Waals surface area contributed by atoms with E-state index >= 15 is 0 Å². The number of amides is 4. The zero-order valence-corrected chi connectivity index (χ0v) is 14.3. The summed E-state index contributed by atoms with van der Waals surface area (Å²) in [4.78, 5) is 39.9. The Morgan fingerprint density at radius 1 is 1.27 bits per heavy atom. The molecular weight excluding hydrogens is 336 g/mol. The molecule has 1 fully saturated rings. The Hall–Kier alpha value is -3.42. The molecule has 1 atom stereocenters. The van der Waals surface area contributed by atoms with Crippen LogP contribution in [0.1, 0.15) is 29.8 Å². The summed E-state index contributed by atoms with van der Waals surface area (Å²) in [5, 5.41) is 7.55. The maximum Gasteiger partial charge on any atom is 0.322 e. The summed E-state index contributed by atoms with van der Waals surface area (Å²) in [6, 6.07) is 9.43. The van der Waals surface area contributed by atoms with Gasteiger partial charge < -0.3 is 15.4 Å². The molecule has 0 radical (unpaired) electrons. The van der Waals surface area contributed by atoms with Crippen LogP contribution in [-0.2, 0) is 10.3 Å². The first kappa shape index (κ1) is 17.4. The van der Waals surface area contributed by atoms with Gasteiger partial charge in [-0.3, -0.25) is 14.9 Å². The number of pyridine rings is 1. The van der Waals surface area contributed by atoms with Crippen molar-refractivity contribution in [2.24, 2.45) is 0 Å². The van der Waals surface area contributed by atoms with Crippen molar-refractivity contribution in [1.29, 1.82) is 0 Å². The van der Waals surface area contributed by atoms with Crippen molar-refractivity contribution in [3.05, 3.63) is 53.7 Å². The molecule has 0 aliphatic carbocycles. The molecule has 3 N–H and O–H groups in total. The Morgan fingerprint density at radius 2 is 2.08 bits per heavy atom. The minimum atomic E-state index is -1.18. The van der Waals surface area contributed by atoms with Crippen LogP contribution in [0.4, 0.5) is 10.5 Å². The van der Waals surface area contributed by atoms with Crippen molar-refractivity contribution in [3.63, 3.8) is 0 Å². The topological polar surface area (TPSA) is 109 Å². The van der Waals surface area contributed by atoms with E-state index in [0.29, 0.717) is 29.3 Å². The molecule has 1 aliphatic rings. The largest absolute Gasteiger partial charge is 0.478 e. The number of hydrogen-bond acceptors (Lipinski definition) is 5. The van der Waals surface area contributed by atoms with Crippen molar-refractivity contribution in [1.82, 2.24) is 15.6 Å². The summed E-state index contributed by atoms with van der Waals surface area (Å²) in [6.07, 6.45) is 1.43. The van der Waals surface area contributed by atoms with Gasteiger partial charge in [0.15, 0.2) is 0 Å². The first-order chi connectivity index (χ1) is 12.4. The third-order valence-corrected chi connectivity index (χ3v) is 4.03. The smallest absolute Gasteiger partial charge is 0.322 e. The van der Waals surface area contributed by atoms with Crippen molar-refractivity contribution >= 4 is 23.5 Å². The van der Waals surface area contributed by atoms with Crippen LogP contribution in [0, 0.1) is 0 Å². The van der Waals surface area contributed by atoms with E-state index in [-0.39, 0.29) is 5.91 Å². The van der Waals surface area contributed by atoms with Gasteiger partial charge in [0.25, 0.3) is 11.8 Å². The maximum absolute atomic E-state index is 12.4. The minimum Gasteiger partial charge on any atom is -0.478 e. The van der Waals surface area contributed by atoms with Crippen LogP contribution in [0.25, 0.3) is 0 Å². The average Bonchev–Trinajstić information content (AvgIpc) is 2.89. The fourth-order valence-electron chi connectivity index (χ4n) is 2.61. The second-order valence-corrected chi connectivity index (χ2v) is 5.89. The third-order valence-electron chi connectivity index (χ3n) is 4.03. The summed E-state index contributed by atoms with van der Waals surface area (Å²) >= 11 is 0. The number of rotatable bonds is 5. The maximum atomic E-state index is 12.4. The Morgan fingerprint density at radius 3 is 2.69 bits per heavy atom. The molecule has 1 aromatic heterocycles. The van der Waals surface area contributed by atoms with E-state index in [1.54, 1.807) is 43.3 Å². The first-order valence-corrected chi connectivity index (χ1v) is 8.06. The van der Waals surface area contributed by atoms with Gasteiger partial charge in [0, 0.05) is 18.0 Å². The number of benzene rings is 1. The minimum absolute atomic E-state index is 0.345. The Bertz CT molecular complexity index is 866. The molecule has 134 valence electrons. The Balaban J connectivity index is 1.77. The van der Waals surface area contributed by atoms with E-state index in [0.717, 1.165) is 0 Å². The Labute approximate surface area is 150 Å². The van der Waals surface area contributed by atoms with E-state index < -0.39 is 17.5 Å². The lowest BCUT2D eigenvalue weighted by molar-refractivity contribution is -0.123. The number of carbonyl (C=O) groups is 3. The third kappa shape index (κ3) is 3.34. The lowest BCUT2D eigenvalue weighted by atomic mass is 9.92. The summed E-state index contributed by atoms with van der Waals surface area (Å²) in [6.45, 7) is 3.95. The molecule has 1 aliphatic heterocycles. The first-order valence-electron chi connectivity index (χ1n) is 8.06. The number of imide groups is 1. The number of nitrogens with one attached hydrogen (secondary N) is 3. The molecule has 8 heteroatoms. The molecule has 2 heterocycles. The summed E-state index contributed by atoms with van der Waals surface area (Å²) in [5.41, 5.74) is 0.246. The van der Waals surface area contributed by atoms with E-state index in [1.807, 2.05) is 6.92 Å². The zero-order valence-electron chi connectivity index (χ0n) is 14.3. The van der Waals surface area contributed by atoms with Crippen LogP contribution in [0.5, 0.6) is 5.88 Å². The Kier molecular flexibility index (Phi) is 4.57. The number of ether oxygens (including phenoxy) is 1. The predicted octanol–water partition coefficient (Wildman–Crippen LogP) is 1.79. The summed E-state index contributed by atoms with van der Waals surface area (Å²) in [5.74, 6) is -0.341. The number of hydrogen-bond donors (Lipinski definition) is 3. The van der Waals surface area contributed by atoms with Gasteiger partial charge in [-0.15, -0.1) is 0 Å². The standard InChI is InChI=1S/C18H18N4O4/c1-3-26-14-8-7-11(10-19-14)15(23)20-13-6-4-5-12(9-13)18(2)16(24)21-17(25)22-18/h4-10H,3H2,1-2H3,(H,20,23)(H2,21,22,24,25). The molecule has 2 aromatic rings. The highest BCUT2D eigenvalue weighted by atomic mass is 16.5. The number of urea groups is 1. The highest BCUT2D eigenvalue weighted by molar-refractivity contribution is 6.07. The lowest BCUT2D eigenvalue weighted by Crippen LogP contribution is -2.40. The normalized spacial score (nSPS) is 18.8. The molecule has 1 unspecified atom stereocenters. The fraction of sp³-hybridized carbons (Fsp3) is 0.222. The second-order valence-electron chi connectivity index (χ2n) is 5.89. The zero-order chi connectivity index (χ0) is 18.7. The van der Waals surface area contributed by atoms with Crippen LogP contribution >= 0.6 is 0 Å². The van der Waals surface area contributed by atoms with Gasteiger partial charge in [-0.1, -0.05) is 12.1 Å². The number of carbonyl (C=O) groups excluding carboxylic acids is 3. The quantitative estimate of drug-likeness (QED) is 0.709. The molecule has 0 spiro atoms. The van der Waals surface area contributed by atoms with Gasteiger partial charge in [-0.2, -0.15) is 0 Å². The van der Waals surface area contributed by atoms with Gasteiger partial charge in [0.2, 0.25) is 5.88 Å². The van der Waals surface area contributed by atoms with E-state index in [2.05, 4.69) is 20.9 Å². The SMILES string of the molecule is CCOc1ccc(C(=O)Nc2cccc(C3(C)NC(=O)NC3=O)c2)cn1. The molecule has 4 amide bonds. The van der Waals surface area contributed by atoms with Crippen molar-refractivity contribution in [2.75, 3.05) is 11.9 Å². The number of aromatic nitrogens is 1. The molecule has 8 nitrogen and oxygen atoms in total. The molecule has 26 heavy (non-hydrogen) atoms. The molecule has 1 saturated heterocycles. The molecule has 0 saturated carbocycles. The monoisotopic (exact) mass is 354 g/mol. The van der Waals surface area contributed by atoms with Gasteiger partial charge in [0.1, 0.15) is 5.54 Å². The van der Waals surface area contributed by atoms with Gasteiger partial charge in [-0.25, -0.2) is 9.78 Å². The van der Waals surface area contributed by atoms with Crippen LogP contribution in [0.3, 0.4) is 0 Å². The van der Waals surface area contributed by atoms with Gasteiger partial charge in [-0.05, 0) is 37.6 Å². The number of nitrogens with zero attached hydrogens (tertiary/aromatic N) is 1. The number of anilines is 1. The highest BCUT2D eigenvalue weighted by Gasteiger charge is 2.43. The van der Waals surface area contributed by atoms with E-state index in [1.165, 1.54) is 6.20 Å². The predicted molar refractivity (Wildman–Crippen MR) is 93.8 cm³/mol. The van der Waals surface area contributed by atoms with Crippen molar-refractivity contribution in [3.8, 4) is 5.88 Å². The molecule has 3 rings (SSSR count). The molecule has 1 aromatic carbocycles.